The molecule has 3 rings (SSSR count). The fraction of sp³-hybridized carbons (Fsp3) is 0.250. The van der Waals surface area contributed by atoms with E-state index in [9.17, 15) is 0 Å². The first-order chi connectivity index (χ1) is 8.86. The van der Waals surface area contributed by atoms with Gasteiger partial charge >= 0.3 is 7.57 Å². The smallest absolute Gasteiger partial charge is 0.0622 e. The van der Waals surface area contributed by atoms with Crippen LogP contribution in [0.3, 0.4) is 0 Å². The van der Waals surface area contributed by atoms with Gasteiger partial charge in [0, 0.05) is 0 Å². The Morgan fingerprint density at radius 2 is 1.11 bits per heavy atom. The third-order valence-corrected chi connectivity index (χ3v) is 6.81. The van der Waals surface area contributed by atoms with Crippen LogP contribution in [0.4, 0.5) is 0 Å². The van der Waals surface area contributed by atoms with E-state index in [-0.39, 0.29) is 0 Å². The Balaban J connectivity index is 1.83. The maximum Gasteiger partial charge on any atom is 0.363 e. The Labute approximate surface area is 112 Å². The summed E-state index contributed by atoms with van der Waals surface area (Å²) in [6.07, 6.45) is 2.49. The van der Waals surface area contributed by atoms with E-state index in [0.717, 1.165) is 0 Å². The van der Waals surface area contributed by atoms with Crippen LogP contribution < -0.4 is 0 Å². The molecule has 2 atom stereocenters. The van der Waals surface area contributed by atoms with Crippen molar-refractivity contribution in [3.8, 4) is 0 Å². The molecule has 2 heteroatoms. The maximum absolute atomic E-state index is 6.59. The van der Waals surface area contributed by atoms with Crippen molar-refractivity contribution in [1.29, 1.82) is 0 Å². The van der Waals surface area contributed by atoms with Gasteiger partial charge < -0.3 is 0 Å². The largest absolute Gasteiger partial charge is 0.363 e. The molecule has 0 nitrogen and oxygen atoms in total. The van der Waals surface area contributed by atoms with Gasteiger partial charge in [-0.3, -0.25) is 0 Å². The molecule has 0 unspecified atom stereocenters. The molecule has 1 fully saturated rings. The summed E-state index contributed by atoms with van der Waals surface area (Å²) >= 11 is 0. The summed E-state index contributed by atoms with van der Waals surface area (Å²) in [7, 11) is 5.75. The second kappa shape index (κ2) is 5.28. The first-order valence-corrected chi connectivity index (χ1v) is 8.31. The summed E-state index contributed by atoms with van der Waals surface area (Å²) in [5, 5.41) is 0. The molecule has 1 aliphatic rings. The van der Waals surface area contributed by atoms with Crippen LogP contribution >= 0.6 is 7.80 Å². The van der Waals surface area contributed by atoms with E-state index >= 15 is 0 Å². The van der Waals surface area contributed by atoms with Crippen molar-refractivity contribution in [2.45, 2.75) is 24.2 Å². The number of benzene rings is 2. The molecule has 1 heterocycles. The monoisotopic (exact) mass is 251 g/mol. The Morgan fingerprint density at radius 1 is 0.722 bits per heavy atom. The molecule has 2 radical (unpaired) electrons. The summed E-state index contributed by atoms with van der Waals surface area (Å²) in [4.78, 5) is 0. The average Bonchev–Trinajstić information content (AvgIpc) is 2.83. The molecule has 1 saturated heterocycles. The lowest BCUT2D eigenvalue weighted by molar-refractivity contribution is 0.765. The van der Waals surface area contributed by atoms with Crippen molar-refractivity contribution in [1.82, 2.24) is 0 Å². The van der Waals surface area contributed by atoms with Crippen molar-refractivity contribution in [2.75, 3.05) is 0 Å². The van der Waals surface area contributed by atoms with Crippen LogP contribution in [0.1, 0.15) is 35.3 Å². The molecule has 2 aromatic carbocycles. The minimum Gasteiger partial charge on any atom is -0.0622 e. The van der Waals surface area contributed by atoms with E-state index in [0.29, 0.717) is 11.3 Å². The van der Waals surface area contributed by atoms with E-state index in [2.05, 4.69) is 60.7 Å². The van der Waals surface area contributed by atoms with E-state index in [1.54, 1.807) is 0 Å². The molecule has 1 aliphatic heterocycles. The Kier molecular flexibility index (Phi) is 3.52. The van der Waals surface area contributed by atoms with Crippen LogP contribution in [0.5, 0.6) is 0 Å². The van der Waals surface area contributed by atoms with Crippen molar-refractivity contribution < 1.29 is 0 Å². The van der Waals surface area contributed by atoms with Gasteiger partial charge in [0.25, 0.3) is 0 Å². The third-order valence-electron chi connectivity index (χ3n) is 3.95. The number of rotatable bonds is 2. The summed E-state index contributed by atoms with van der Waals surface area (Å²) in [6, 6.07) is 21.6. The van der Waals surface area contributed by atoms with Crippen molar-refractivity contribution in [3.63, 3.8) is 0 Å². The zero-order valence-corrected chi connectivity index (χ0v) is 11.4. The van der Waals surface area contributed by atoms with Gasteiger partial charge in [0.1, 0.15) is 0 Å². The third kappa shape index (κ3) is 2.25. The van der Waals surface area contributed by atoms with Gasteiger partial charge in [-0.1, -0.05) is 60.7 Å². The Bertz CT molecular complexity index is 450. The van der Waals surface area contributed by atoms with Gasteiger partial charge in [0.2, 0.25) is 0 Å². The highest BCUT2D eigenvalue weighted by molar-refractivity contribution is 7.82. The lowest BCUT2D eigenvalue weighted by atomic mass is 10.0. The molecule has 0 bridgehead atoms. The molecular weight excluding hydrogens is 234 g/mol. The summed E-state index contributed by atoms with van der Waals surface area (Å²) in [5.74, 6) is 0. The normalized spacial score (nSPS) is 24.2. The zero-order chi connectivity index (χ0) is 12.4. The summed E-state index contributed by atoms with van der Waals surface area (Å²) in [6.45, 7) is 0. The van der Waals surface area contributed by atoms with E-state index in [1.807, 2.05) is 0 Å². The van der Waals surface area contributed by atoms with Gasteiger partial charge in [-0.15, -0.1) is 0 Å². The van der Waals surface area contributed by atoms with E-state index < -0.39 is 7.80 Å². The van der Waals surface area contributed by atoms with Gasteiger partial charge in [-0.2, -0.15) is 0 Å². The fourth-order valence-corrected chi connectivity index (χ4v) is 5.64. The van der Waals surface area contributed by atoms with Crippen molar-refractivity contribution >= 4 is 15.4 Å². The molecule has 0 N–H and O–H groups in total. The number of hydrogen-bond acceptors (Lipinski definition) is 0. The van der Waals surface area contributed by atoms with Crippen LogP contribution in [0.25, 0.3) is 0 Å². The minimum atomic E-state index is -0.839. The van der Waals surface area contributed by atoms with Crippen molar-refractivity contribution in [2.24, 2.45) is 0 Å². The molecule has 2 aromatic rings. The van der Waals surface area contributed by atoms with Gasteiger partial charge in [-0.25, -0.2) is 0 Å². The zero-order valence-electron chi connectivity index (χ0n) is 10.4. The predicted molar refractivity (Wildman–Crippen MR) is 81.7 cm³/mol. The second-order valence-electron chi connectivity index (χ2n) is 5.00. The maximum atomic E-state index is 6.59. The van der Waals surface area contributed by atoms with E-state index in [1.165, 1.54) is 24.0 Å². The highest BCUT2D eigenvalue weighted by Gasteiger charge is 2.40. The SMILES string of the molecule is [B][PH+]1[C@H](c2ccccc2)CC[C@H]1c1ccccc1. The predicted octanol–water partition coefficient (Wildman–Crippen LogP) is 4.56. The van der Waals surface area contributed by atoms with Crippen molar-refractivity contribution in [3.05, 3.63) is 71.8 Å². The Hall–Kier alpha value is -1.07. The van der Waals surface area contributed by atoms with Crippen LogP contribution in [-0.4, -0.2) is 7.57 Å². The molecule has 0 saturated carbocycles. The second-order valence-corrected chi connectivity index (χ2v) is 7.40. The molecular formula is C16H17BP+. The highest BCUT2D eigenvalue weighted by atomic mass is 31.1. The quantitative estimate of drug-likeness (QED) is 0.542. The molecule has 0 amide bonds. The summed E-state index contributed by atoms with van der Waals surface area (Å²) < 4.78 is 0. The highest BCUT2D eigenvalue weighted by Crippen LogP contribution is 2.67. The average molecular weight is 251 g/mol. The first kappa shape index (κ1) is 12.0. The number of hydrogen-bond donors (Lipinski definition) is 0. The minimum absolute atomic E-state index is 0.612. The molecule has 0 spiro atoms. The van der Waals surface area contributed by atoms with Crippen LogP contribution in [0.15, 0.2) is 60.7 Å². The standard InChI is InChI=1S/C16H17BP/c17-18-15(13-7-3-1-4-8-13)11-12-16(18)14-9-5-2-6-10-14/h1-10,15-16,18H,11-12H2/q+1/t15-,16-/m0/s1. The lowest BCUT2D eigenvalue weighted by Crippen LogP contribution is -1.93. The summed E-state index contributed by atoms with van der Waals surface area (Å²) in [5.41, 5.74) is 4.10. The van der Waals surface area contributed by atoms with Crippen LogP contribution in [0.2, 0.25) is 0 Å². The molecule has 18 heavy (non-hydrogen) atoms. The molecule has 0 aliphatic carbocycles. The van der Waals surface area contributed by atoms with Crippen LogP contribution in [-0.2, 0) is 0 Å². The van der Waals surface area contributed by atoms with Crippen LogP contribution in [0, 0.1) is 0 Å². The van der Waals surface area contributed by atoms with Gasteiger partial charge in [-0.05, 0) is 31.8 Å². The first-order valence-electron chi connectivity index (χ1n) is 6.58. The lowest BCUT2D eigenvalue weighted by Gasteiger charge is -2.15. The molecule has 88 valence electrons. The molecule has 0 aromatic heterocycles. The Morgan fingerprint density at radius 3 is 1.50 bits per heavy atom. The topological polar surface area (TPSA) is 0 Å². The van der Waals surface area contributed by atoms with Gasteiger partial charge in [0.05, 0.1) is 11.3 Å². The van der Waals surface area contributed by atoms with E-state index in [4.69, 9.17) is 7.57 Å². The fourth-order valence-electron chi connectivity index (χ4n) is 3.00. The van der Waals surface area contributed by atoms with Gasteiger partial charge in [0.15, 0.2) is 0 Å².